The molecule has 1 saturated heterocycles. The Kier molecular flexibility index (Phi) is 5.79. The lowest BCUT2D eigenvalue weighted by molar-refractivity contribution is 0.0388. The largest absolute Gasteiger partial charge is 0.384 e. The van der Waals surface area contributed by atoms with Crippen LogP contribution in [0.2, 0.25) is 0 Å². The number of nitrogens with zero attached hydrogens (tertiary/aromatic N) is 1. The molecule has 1 aromatic rings. The van der Waals surface area contributed by atoms with Crippen molar-refractivity contribution in [3.63, 3.8) is 0 Å². The lowest BCUT2D eigenvalue weighted by Gasteiger charge is -2.27. The molecule has 2 rings (SSSR count). The number of carbonyl (C=O) groups excluding carboxylic acids is 1. The molecule has 0 bridgehead atoms. The standard InChI is InChI=1S/C17H21NO3/c1-18(12-15-5-3-11-21-13-15)17(20)16-8-6-14(7-9-16)4-2-10-19/h6-9,15,19H,3,5,10-13H2,1H3. The Labute approximate surface area is 125 Å². The van der Waals surface area contributed by atoms with Gasteiger partial charge in [0.2, 0.25) is 0 Å². The highest BCUT2D eigenvalue weighted by molar-refractivity contribution is 5.94. The molecule has 0 aliphatic carbocycles. The molecule has 1 aromatic carbocycles. The molecule has 4 nitrogen and oxygen atoms in total. The summed E-state index contributed by atoms with van der Waals surface area (Å²) >= 11 is 0. The Bertz CT molecular complexity index is 521. The SMILES string of the molecule is CN(CC1CCCOC1)C(=O)c1ccc(C#CCO)cc1. The number of aliphatic hydroxyl groups is 1. The number of amides is 1. The zero-order chi connectivity index (χ0) is 15.1. The van der Waals surface area contributed by atoms with Gasteiger partial charge in [-0.15, -0.1) is 0 Å². The normalized spacial score (nSPS) is 17.7. The first-order chi connectivity index (χ1) is 10.2. The molecule has 1 aliphatic rings. The van der Waals surface area contributed by atoms with Gasteiger partial charge in [-0.3, -0.25) is 4.79 Å². The van der Waals surface area contributed by atoms with Gasteiger partial charge in [0.1, 0.15) is 6.61 Å². The molecule has 0 aromatic heterocycles. The molecular weight excluding hydrogens is 266 g/mol. The van der Waals surface area contributed by atoms with Gasteiger partial charge in [-0.1, -0.05) is 11.8 Å². The molecule has 21 heavy (non-hydrogen) atoms. The van der Waals surface area contributed by atoms with Gasteiger partial charge in [0.15, 0.2) is 0 Å². The van der Waals surface area contributed by atoms with Crippen LogP contribution in [0.4, 0.5) is 0 Å². The van der Waals surface area contributed by atoms with Crippen LogP contribution in [0.5, 0.6) is 0 Å². The number of carbonyl (C=O) groups is 1. The Morgan fingerprint density at radius 1 is 1.43 bits per heavy atom. The fourth-order valence-electron chi connectivity index (χ4n) is 2.48. The van der Waals surface area contributed by atoms with Crippen LogP contribution in [0, 0.1) is 17.8 Å². The van der Waals surface area contributed by atoms with E-state index in [1.165, 1.54) is 0 Å². The van der Waals surface area contributed by atoms with Gasteiger partial charge in [-0.05, 0) is 43.0 Å². The molecule has 1 amide bonds. The van der Waals surface area contributed by atoms with Crippen molar-refractivity contribution >= 4 is 5.91 Å². The average molecular weight is 287 g/mol. The van der Waals surface area contributed by atoms with Gasteiger partial charge in [-0.2, -0.15) is 0 Å². The van der Waals surface area contributed by atoms with E-state index < -0.39 is 0 Å². The Morgan fingerprint density at radius 3 is 2.81 bits per heavy atom. The number of aliphatic hydroxyl groups excluding tert-OH is 1. The maximum absolute atomic E-state index is 12.4. The van der Waals surface area contributed by atoms with E-state index in [0.717, 1.165) is 38.2 Å². The first-order valence-corrected chi connectivity index (χ1v) is 7.23. The van der Waals surface area contributed by atoms with E-state index in [1.54, 1.807) is 29.2 Å². The maximum Gasteiger partial charge on any atom is 0.253 e. The number of ether oxygens (including phenoxy) is 1. The summed E-state index contributed by atoms with van der Waals surface area (Å²) in [6, 6.07) is 7.15. The summed E-state index contributed by atoms with van der Waals surface area (Å²) in [5.41, 5.74) is 1.45. The molecular formula is C17H21NO3. The van der Waals surface area contributed by atoms with Crippen molar-refractivity contribution in [2.24, 2.45) is 5.92 Å². The van der Waals surface area contributed by atoms with Gasteiger partial charge in [0.25, 0.3) is 5.91 Å². The Hall–Kier alpha value is -1.83. The molecule has 1 unspecified atom stereocenters. The third kappa shape index (κ3) is 4.59. The van der Waals surface area contributed by atoms with Crippen molar-refractivity contribution in [3.05, 3.63) is 35.4 Å². The lowest BCUT2D eigenvalue weighted by Crippen LogP contribution is -2.35. The van der Waals surface area contributed by atoms with Crippen molar-refractivity contribution < 1.29 is 14.6 Å². The average Bonchev–Trinajstić information content (AvgIpc) is 2.53. The molecule has 1 atom stereocenters. The van der Waals surface area contributed by atoms with Crippen LogP contribution < -0.4 is 0 Å². The lowest BCUT2D eigenvalue weighted by atomic mass is 10.0. The second-order valence-corrected chi connectivity index (χ2v) is 5.31. The zero-order valence-corrected chi connectivity index (χ0v) is 12.3. The third-order valence-electron chi connectivity index (χ3n) is 3.58. The highest BCUT2D eigenvalue weighted by atomic mass is 16.5. The molecule has 1 fully saturated rings. The van der Waals surface area contributed by atoms with E-state index in [4.69, 9.17) is 9.84 Å². The van der Waals surface area contributed by atoms with Crippen LogP contribution in [0.3, 0.4) is 0 Å². The predicted molar refractivity (Wildman–Crippen MR) is 80.9 cm³/mol. The molecule has 112 valence electrons. The van der Waals surface area contributed by atoms with Gasteiger partial charge >= 0.3 is 0 Å². The number of rotatable bonds is 3. The molecule has 0 radical (unpaired) electrons. The topological polar surface area (TPSA) is 49.8 Å². The maximum atomic E-state index is 12.4. The molecule has 4 heteroatoms. The summed E-state index contributed by atoms with van der Waals surface area (Å²) in [4.78, 5) is 14.1. The summed E-state index contributed by atoms with van der Waals surface area (Å²) in [5.74, 6) is 5.85. The summed E-state index contributed by atoms with van der Waals surface area (Å²) in [5, 5.41) is 8.65. The monoisotopic (exact) mass is 287 g/mol. The van der Waals surface area contributed by atoms with Crippen LogP contribution in [0.25, 0.3) is 0 Å². The Balaban J connectivity index is 1.94. The molecule has 0 spiro atoms. The fourth-order valence-corrected chi connectivity index (χ4v) is 2.48. The third-order valence-corrected chi connectivity index (χ3v) is 3.58. The second-order valence-electron chi connectivity index (χ2n) is 5.31. The minimum absolute atomic E-state index is 0.0160. The fraction of sp³-hybridized carbons (Fsp3) is 0.471. The number of hydrogen-bond acceptors (Lipinski definition) is 3. The van der Waals surface area contributed by atoms with Crippen molar-refractivity contribution in [2.45, 2.75) is 12.8 Å². The van der Waals surface area contributed by atoms with Gasteiger partial charge in [0, 0.05) is 31.3 Å². The highest BCUT2D eigenvalue weighted by Crippen LogP contribution is 2.15. The summed E-state index contributed by atoms with van der Waals surface area (Å²) in [6.07, 6.45) is 2.19. The first-order valence-electron chi connectivity index (χ1n) is 7.23. The number of benzene rings is 1. The van der Waals surface area contributed by atoms with Crippen LogP contribution >= 0.6 is 0 Å². The van der Waals surface area contributed by atoms with E-state index in [0.29, 0.717) is 11.5 Å². The molecule has 1 N–H and O–H groups in total. The van der Waals surface area contributed by atoms with E-state index in [-0.39, 0.29) is 12.5 Å². The van der Waals surface area contributed by atoms with Crippen molar-refractivity contribution in [3.8, 4) is 11.8 Å². The van der Waals surface area contributed by atoms with Crippen LogP contribution in [-0.2, 0) is 4.74 Å². The minimum Gasteiger partial charge on any atom is -0.384 e. The van der Waals surface area contributed by atoms with E-state index in [1.807, 2.05) is 7.05 Å². The van der Waals surface area contributed by atoms with Gasteiger partial charge in [0.05, 0.1) is 6.61 Å². The highest BCUT2D eigenvalue weighted by Gasteiger charge is 2.19. The van der Waals surface area contributed by atoms with Crippen LogP contribution in [0.1, 0.15) is 28.8 Å². The minimum atomic E-state index is -0.160. The van der Waals surface area contributed by atoms with Crippen LogP contribution in [0.15, 0.2) is 24.3 Å². The summed E-state index contributed by atoms with van der Waals surface area (Å²) in [6.45, 7) is 2.15. The smallest absolute Gasteiger partial charge is 0.253 e. The van der Waals surface area contributed by atoms with Crippen molar-refractivity contribution in [1.29, 1.82) is 0 Å². The summed E-state index contributed by atoms with van der Waals surface area (Å²) < 4.78 is 5.45. The van der Waals surface area contributed by atoms with E-state index in [9.17, 15) is 4.79 Å². The first kappa shape index (κ1) is 15.6. The zero-order valence-electron chi connectivity index (χ0n) is 12.3. The molecule has 1 aliphatic heterocycles. The van der Waals surface area contributed by atoms with Crippen LogP contribution in [-0.4, -0.2) is 49.3 Å². The number of hydrogen-bond donors (Lipinski definition) is 1. The quantitative estimate of drug-likeness (QED) is 0.858. The molecule has 0 saturated carbocycles. The van der Waals surface area contributed by atoms with Gasteiger partial charge < -0.3 is 14.7 Å². The predicted octanol–water partition coefficient (Wildman–Crippen LogP) is 1.53. The van der Waals surface area contributed by atoms with Crippen molar-refractivity contribution in [2.75, 3.05) is 33.4 Å². The van der Waals surface area contributed by atoms with Crippen molar-refractivity contribution in [1.82, 2.24) is 4.90 Å². The second kappa shape index (κ2) is 7.82. The van der Waals surface area contributed by atoms with E-state index >= 15 is 0 Å². The van der Waals surface area contributed by atoms with Gasteiger partial charge in [-0.25, -0.2) is 0 Å². The summed E-state index contributed by atoms with van der Waals surface area (Å²) in [7, 11) is 1.83. The van der Waals surface area contributed by atoms with E-state index in [2.05, 4.69) is 11.8 Å². The molecule has 1 heterocycles. The Morgan fingerprint density at radius 2 is 2.19 bits per heavy atom.